The summed E-state index contributed by atoms with van der Waals surface area (Å²) in [6, 6.07) is 0. The summed E-state index contributed by atoms with van der Waals surface area (Å²) in [5.41, 5.74) is 5.49. The molecule has 2 N–H and O–H groups in total. The first-order chi connectivity index (χ1) is 5.18. The lowest BCUT2D eigenvalue weighted by molar-refractivity contribution is 0.00482. The van der Waals surface area contributed by atoms with Gasteiger partial charge in [0.1, 0.15) is 0 Å². The van der Waals surface area contributed by atoms with Gasteiger partial charge in [0.2, 0.25) is 0 Å². The van der Waals surface area contributed by atoms with E-state index >= 15 is 0 Å². The minimum Gasteiger partial charge on any atom is -0.377 e. The second-order valence-corrected chi connectivity index (χ2v) is 3.32. The summed E-state index contributed by atoms with van der Waals surface area (Å²) in [5, 5.41) is 0. The van der Waals surface area contributed by atoms with Crippen molar-refractivity contribution in [3.05, 3.63) is 0 Å². The Labute approximate surface area is 70.1 Å². The molecule has 0 spiro atoms. The fraction of sp³-hybridized carbons (Fsp3) is 1.00. The van der Waals surface area contributed by atoms with Gasteiger partial charge in [-0.05, 0) is 13.3 Å². The predicted octanol–water partition coefficient (Wildman–Crippen LogP) is 1.93. The molecule has 0 aliphatic heterocycles. The van der Waals surface area contributed by atoms with Gasteiger partial charge < -0.3 is 10.5 Å². The Bertz CT molecular complexity index is 89.6. The van der Waals surface area contributed by atoms with Gasteiger partial charge in [-0.3, -0.25) is 0 Å². The number of hydrogen-bond donors (Lipinski definition) is 1. The second-order valence-electron chi connectivity index (χ2n) is 3.32. The van der Waals surface area contributed by atoms with E-state index in [9.17, 15) is 0 Å². The Hall–Kier alpha value is -0.0800. The topological polar surface area (TPSA) is 35.2 Å². The summed E-state index contributed by atoms with van der Waals surface area (Å²) in [5.74, 6) is 0. The minimum atomic E-state index is -0.0881. The molecule has 0 rings (SSSR count). The van der Waals surface area contributed by atoms with E-state index in [2.05, 4.69) is 13.8 Å². The van der Waals surface area contributed by atoms with Crippen molar-refractivity contribution in [2.45, 2.75) is 45.1 Å². The molecule has 0 amide bonds. The van der Waals surface area contributed by atoms with Gasteiger partial charge in [0.05, 0.1) is 5.60 Å². The van der Waals surface area contributed by atoms with E-state index in [1.54, 1.807) is 7.11 Å². The highest BCUT2D eigenvalue weighted by atomic mass is 16.5. The average Bonchev–Trinajstić information content (AvgIpc) is 2.05. The number of hydrogen-bond acceptors (Lipinski definition) is 2. The largest absolute Gasteiger partial charge is 0.377 e. The maximum atomic E-state index is 5.57. The molecule has 68 valence electrons. The summed E-state index contributed by atoms with van der Waals surface area (Å²) in [6.45, 7) is 4.89. The number of ether oxygens (including phenoxy) is 1. The van der Waals surface area contributed by atoms with Crippen molar-refractivity contribution in [3.8, 4) is 0 Å². The fourth-order valence-electron chi connectivity index (χ4n) is 1.04. The zero-order valence-electron chi connectivity index (χ0n) is 8.02. The third-order valence-electron chi connectivity index (χ3n) is 2.23. The van der Waals surface area contributed by atoms with E-state index in [0.717, 1.165) is 6.42 Å². The van der Waals surface area contributed by atoms with Crippen LogP contribution in [0, 0.1) is 0 Å². The third kappa shape index (κ3) is 4.38. The number of unbranched alkanes of at least 4 members (excludes halogenated alkanes) is 2. The number of methoxy groups -OCH3 is 1. The summed E-state index contributed by atoms with van der Waals surface area (Å²) in [4.78, 5) is 0. The summed E-state index contributed by atoms with van der Waals surface area (Å²) in [7, 11) is 1.73. The average molecular weight is 159 g/mol. The first kappa shape index (κ1) is 10.9. The monoisotopic (exact) mass is 159 g/mol. The highest BCUT2D eigenvalue weighted by Crippen LogP contribution is 2.16. The Morgan fingerprint density at radius 1 is 1.36 bits per heavy atom. The van der Waals surface area contributed by atoms with Gasteiger partial charge >= 0.3 is 0 Å². The quantitative estimate of drug-likeness (QED) is 0.601. The molecular formula is C9H21NO. The zero-order chi connectivity index (χ0) is 8.74. The van der Waals surface area contributed by atoms with Gasteiger partial charge in [-0.1, -0.05) is 26.2 Å². The van der Waals surface area contributed by atoms with Gasteiger partial charge in [-0.2, -0.15) is 0 Å². The maximum Gasteiger partial charge on any atom is 0.0772 e. The molecule has 1 atom stereocenters. The Balaban J connectivity index is 3.51. The Kier molecular flexibility index (Phi) is 5.51. The lowest BCUT2D eigenvalue weighted by atomic mass is 9.98. The Morgan fingerprint density at radius 3 is 2.36 bits per heavy atom. The van der Waals surface area contributed by atoms with E-state index in [0.29, 0.717) is 6.54 Å². The van der Waals surface area contributed by atoms with Crippen molar-refractivity contribution in [1.29, 1.82) is 0 Å². The first-order valence-electron chi connectivity index (χ1n) is 4.43. The van der Waals surface area contributed by atoms with Crippen LogP contribution in [0.4, 0.5) is 0 Å². The smallest absolute Gasteiger partial charge is 0.0772 e. The van der Waals surface area contributed by atoms with Gasteiger partial charge in [-0.25, -0.2) is 0 Å². The second kappa shape index (κ2) is 5.56. The molecule has 0 aliphatic rings. The minimum absolute atomic E-state index is 0.0881. The van der Waals surface area contributed by atoms with Crippen LogP contribution in [0.5, 0.6) is 0 Å². The molecule has 2 heteroatoms. The molecule has 0 aliphatic carbocycles. The van der Waals surface area contributed by atoms with Crippen molar-refractivity contribution in [3.63, 3.8) is 0 Å². The Morgan fingerprint density at radius 2 is 2.00 bits per heavy atom. The van der Waals surface area contributed by atoms with Crippen LogP contribution < -0.4 is 5.73 Å². The van der Waals surface area contributed by atoms with Crippen molar-refractivity contribution >= 4 is 0 Å². The lowest BCUT2D eigenvalue weighted by Crippen LogP contribution is -2.36. The van der Waals surface area contributed by atoms with Crippen LogP contribution >= 0.6 is 0 Å². The molecule has 0 bridgehead atoms. The van der Waals surface area contributed by atoms with Gasteiger partial charge in [0, 0.05) is 13.7 Å². The normalized spacial score (nSPS) is 16.4. The molecule has 1 unspecified atom stereocenters. The number of rotatable bonds is 6. The lowest BCUT2D eigenvalue weighted by Gasteiger charge is -2.26. The SMILES string of the molecule is CCCCCC(C)(CN)OC. The molecule has 0 saturated carbocycles. The molecular weight excluding hydrogens is 138 g/mol. The van der Waals surface area contributed by atoms with Crippen LogP contribution in [0.2, 0.25) is 0 Å². The van der Waals surface area contributed by atoms with E-state index in [1.807, 2.05) is 0 Å². The fourth-order valence-corrected chi connectivity index (χ4v) is 1.04. The molecule has 0 aromatic carbocycles. The summed E-state index contributed by atoms with van der Waals surface area (Å²) in [6.07, 6.45) is 4.83. The molecule has 0 aromatic heterocycles. The third-order valence-corrected chi connectivity index (χ3v) is 2.23. The molecule has 2 nitrogen and oxygen atoms in total. The first-order valence-corrected chi connectivity index (χ1v) is 4.43. The van der Waals surface area contributed by atoms with E-state index in [1.165, 1.54) is 19.3 Å². The standard InChI is InChI=1S/C9H21NO/c1-4-5-6-7-9(2,8-10)11-3/h4-8,10H2,1-3H3. The van der Waals surface area contributed by atoms with E-state index < -0.39 is 0 Å². The van der Waals surface area contributed by atoms with Crippen molar-refractivity contribution in [2.75, 3.05) is 13.7 Å². The van der Waals surface area contributed by atoms with Crippen LogP contribution in [0.25, 0.3) is 0 Å². The highest BCUT2D eigenvalue weighted by molar-refractivity contribution is 4.74. The molecule has 0 fully saturated rings. The van der Waals surface area contributed by atoms with Gasteiger partial charge in [-0.15, -0.1) is 0 Å². The molecule has 0 aromatic rings. The predicted molar refractivity (Wildman–Crippen MR) is 48.6 cm³/mol. The summed E-state index contributed by atoms with van der Waals surface area (Å²) >= 11 is 0. The van der Waals surface area contributed by atoms with E-state index in [-0.39, 0.29) is 5.60 Å². The van der Waals surface area contributed by atoms with Gasteiger partial charge in [0.25, 0.3) is 0 Å². The zero-order valence-corrected chi connectivity index (χ0v) is 8.02. The van der Waals surface area contributed by atoms with Crippen LogP contribution in [-0.2, 0) is 4.74 Å². The van der Waals surface area contributed by atoms with Crippen LogP contribution in [0.1, 0.15) is 39.5 Å². The molecule has 0 saturated heterocycles. The van der Waals surface area contributed by atoms with Crippen molar-refractivity contribution in [2.24, 2.45) is 5.73 Å². The van der Waals surface area contributed by atoms with E-state index in [4.69, 9.17) is 10.5 Å². The van der Waals surface area contributed by atoms with Gasteiger partial charge in [0.15, 0.2) is 0 Å². The molecule has 11 heavy (non-hydrogen) atoms. The van der Waals surface area contributed by atoms with Crippen molar-refractivity contribution in [1.82, 2.24) is 0 Å². The van der Waals surface area contributed by atoms with Crippen LogP contribution in [-0.4, -0.2) is 19.3 Å². The molecule has 0 heterocycles. The van der Waals surface area contributed by atoms with Crippen molar-refractivity contribution < 1.29 is 4.74 Å². The number of nitrogens with two attached hydrogens (primary N) is 1. The van der Waals surface area contributed by atoms with Crippen LogP contribution in [0.3, 0.4) is 0 Å². The maximum absolute atomic E-state index is 5.57. The molecule has 0 radical (unpaired) electrons. The summed E-state index contributed by atoms with van der Waals surface area (Å²) < 4.78 is 5.31. The van der Waals surface area contributed by atoms with Crippen LogP contribution in [0.15, 0.2) is 0 Å². The highest BCUT2D eigenvalue weighted by Gasteiger charge is 2.19.